The van der Waals surface area contributed by atoms with Crippen molar-refractivity contribution in [2.75, 3.05) is 13.1 Å². The molecule has 7 nitrogen and oxygen atoms in total. The molecular formula is C20H27ClFN5O2. The number of carbonyl (C=O) groups excluding carboxylic acids is 2. The fourth-order valence-electron chi connectivity index (χ4n) is 2.96. The smallest absolute Gasteiger partial charge is 0.318 e. The van der Waals surface area contributed by atoms with Gasteiger partial charge in [0, 0.05) is 12.1 Å². The maximum absolute atomic E-state index is 13.5. The van der Waals surface area contributed by atoms with Crippen LogP contribution in [0.2, 0.25) is 5.02 Å². The fourth-order valence-corrected chi connectivity index (χ4v) is 3.14. The van der Waals surface area contributed by atoms with Gasteiger partial charge in [-0.25, -0.2) is 9.18 Å². The number of nitrogens with two attached hydrogens (primary N) is 2. The minimum atomic E-state index is -0.783. The Labute approximate surface area is 175 Å². The van der Waals surface area contributed by atoms with Gasteiger partial charge in [0.2, 0.25) is 0 Å². The third-order valence-electron chi connectivity index (χ3n) is 4.39. The predicted octanol–water partition coefficient (Wildman–Crippen LogP) is 2.68. The minimum absolute atomic E-state index is 0.000571. The van der Waals surface area contributed by atoms with Crippen LogP contribution in [0.1, 0.15) is 39.7 Å². The van der Waals surface area contributed by atoms with Crippen LogP contribution >= 0.6 is 11.6 Å². The van der Waals surface area contributed by atoms with E-state index in [0.29, 0.717) is 24.2 Å². The molecule has 2 rings (SSSR count). The number of carbonyl (C=O) groups is 2. The van der Waals surface area contributed by atoms with E-state index in [-0.39, 0.29) is 34.9 Å². The number of aliphatic imine (C=N–C) groups is 1. The summed E-state index contributed by atoms with van der Waals surface area (Å²) < 4.78 is 13.5. The average molecular weight is 424 g/mol. The Kier molecular flexibility index (Phi) is 6.89. The van der Waals surface area contributed by atoms with E-state index in [1.54, 1.807) is 4.90 Å². The highest BCUT2D eigenvalue weighted by molar-refractivity contribution is 6.31. The van der Waals surface area contributed by atoms with Crippen LogP contribution in [0.3, 0.4) is 0 Å². The van der Waals surface area contributed by atoms with E-state index >= 15 is 0 Å². The predicted molar refractivity (Wildman–Crippen MR) is 113 cm³/mol. The van der Waals surface area contributed by atoms with Crippen LogP contribution in [0.4, 0.5) is 9.18 Å². The number of hydrogen-bond acceptors (Lipinski definition) is 4. The molecule has 1 aliphatic rings. The molecule has 1 unspecified atom stereocenters. The van der Waals surface area contributed by atoms with Crippen molar-refractivity contribution in [1.29, 1.82) is 0 Å². The van der Waals surface area contributed by atoms with Crippen molar-refractivity contribution in [3.05, 3.63) is 40.2 Å². The zero-order chi connectivity index (χ0) is 21.9. The number of halogens is 2. The molecule has 0 spiro atoms. The monoisotopic (exact) mass is 423 g/mol. The number of nitrogens with zero attached hydrogens (tertiary/aromatic N) is 2. The summed E-state index contributed by atoms with van der Waals surface area (Å²) in [5.41, 5.74) is 12.1. The van der Waals surface area contributed by atoms with Crippen molar-refractivity contribution >= 4 is 34.9 Å². The van der Waals surface area contributed by atoms with E-state index in [0.717, 1.165) is 6.07 Å². The molecule has 0 bridgehead atoms. The van der Waals surface area contributed by atoms with Gasteiger partial charge in [0.25, 0.3) is 5.91 Å². The first kappa shape index (κ1) is 22.7. The summed E-state index contributed by atoms with van der Waals surface area (Å²) in [7, 11) is 0. The van der Waals surface area contributed by atoms with E-state index in [9.17, 15) is 14.0 Å². The lowest BCUT2D eigenvalue weighted by Crippen LogP contribution is -2.54. The molecule has 0 radical (unpaired) electrons. The van der Waals surface area contributed by atoms with Crippen LogP contribution in [0, 0.1) is 5.82 Å². The molecule has 3 amide bonds. The number of urea groups is 1. The number of rotatable bonds is 4. The van der Waals surface area contributed by atoms with E-state index < -0.39 is 17.3 Å². The molecule has 0 fully saturated rings. The quantitative estimate of drug-likeness (QED) is 0.647. The first-order valence-electron chi connectivity index (χ1n) is 9.32. The molecule has 9 heteroatoms. The number of amides is 3. The Morgan fingerprint density at radius 3 is 2.52 bits per heavy atom. The van der Waals surface area contributed by atoms with Gasteiger partial charge in [-0.2, -0.15) is 0 Å². The molecule has 1 heterocycles. The Morgan fingerprint density at radius 2 is 2.00 bits per heavy atom. The molecule has 29 heavy (non-hydrogen) atoms. The maximum atomic E-state index is 13.5. The summed E-state index contributed by atoms with van der Waals surface area (Å²) in [4.78, 5) is 31.1. The third kappa shape index (κ3) is 5.69. The average Bonchev–Trinajstić information content (AvgIpc) is 2.62. The van der Waals surface area contributed by atoms with E-state index in [1.165, 1.54) is 12.1 Å². The van der Waals surface area contributed by atoms with Crippen molar-refractivity contribution < 1.29 is 14.0 Å². The summed E-state index contributed by atoms with van der Waals surface area (Å²) >= 11 is 5.84. The fraction of sp³-hybridized carbons (Fsp3) is 0.450. The van der Waals surface area contributed by atoms with E-state index in [2.05, 4.69) is 10.3 Å². The zero-order valence-corrected chi connectivity index (χ0v) is 17.8. The second-order valence-electron chi connectivity index (χ2n) is 7.98. The Bertz CT molecular complexity index is 876. The van der Waals surface area contributed by atoms with Crippen LogP contribution in [0.25, 0.3) is 5.70 Å². The molecule has 1 aromatic rings. The van der Waals surface area contributed by atoms with Crippen LogP contribution in [-0.2, 0) is 4.79 Å². The van der Waals surface area contributed by atoms with Crippen LogP contribution < -0.4 is 16.8 Å². The Morgan fingerprint density at radius 1 is 1.34 bits per heavy atom. The van der Waals surface area contributed by atoms with Crippen molar-refractivity contribution in [1.82, 2.24) is 10.2 Å². The summed E-state index contributed by atoms with van der Waals surface area (Å²) in [5.74, 6) is -1.38. The summed E-state index contributed by atoms with van der Waals surface area (Å²) in [6, 6.07) is 3.41. The van der Waals surface area contributed by atoms with Gasteiger partial charge in [0.05, 0.1) is 34.6 Å². The molecule has 0 saturated carbocycles. The highest BCUT2D eigenvalue weighted by Gasteiger charge is 2.30. The van der Waals surface area contributed by atoms with Gasteiger partial charge in [-0.15, -0.1) is 0 Å². The molecular weight excluding hydrogens is 397 g/mol. The minimum Gasteiger partial charge on any atom is -0.398 e. The van der Waals surface area contributed by atoms with Crippen molar-refractivity contribution in [3.8, 4) is 0 Å². The topological polar surface area (TPSA) is 114 Å². The number of nitrogens with one attached hydrogen (secondary N) is 1. The molecule has 5 N–H and O–H groups in total. The second kappa shape index (κ2) is 8.82. The first-order chi connectivity index (χ1) is 13.4. The molecule has 0 aliphatic carbocycles. The van der Waals surface area contributed by atoms with Gasteiger partial charge < -0.3 is 21.7 Å². The standard InChI is InChI=1S/C20H27ClFN5O2/c1-5-12-9-27(19(29)26-20(2,3)4)10-15(25-12)16(18(24)28)17(23)11-6-7-14(22)13(21)8-11/h6-8,12H,5,9-10,23H2,1-4H3,(H2,24,28)(H,26,29). The van der Waals surface area contributed by atoms with Gasteiger partial charge in [-0.1, -0.05) is 18.5 Å². The molecule has 0 saturated heterocycles. The normalized spacial score (nSPS) is 18.1. The van der Waals surface area contributed by atoms with Gasteiger partial charge in [-0.3, -0.25) is 9.79 Å². The van der Waals surface area contributed by atoms with Gasteiger partial charge in [-0.05, 0) is 51.0 Å². The maximum Gasteiger partial charge on any atom is 0.318 e. The summed E-state index contributed by atoms with van der Waals surface area (Å²) in [6.07, 6.45) is 0.664. The van der Waals surface area contributed by atoms with Crippen molar-refractivity contribution in [3.63, 3.8) is 0 Å². The summed E-state index contributed by atoms with van der Waals surface area (Å²) in [5, 5.41) is 2.78. The second-order valence-corrected chi connectivity index (χ2v) is 8.39. The lowest BCUT2D eigenvalue weighted by atomic mass is 9.99. The van der Waals surface area contributed by atoms with Crippen molar-refractivity contribution in [2.24, 2.45) is 16.5 Å². The van der Waals surface area contributed by atoms with Crippen LogP contribution in [0.15, 0.2) is 28.8 Å². The molecule has 1 aliphatic heterocycles. The lowest BCUT2D eigenvalue weighted by Gasteiger charge is -2.34. The molecule has 158 valence electrons. The third-order valence-corrected chi connectivity index (χ3v) is 4.68. The van der Waals surface area contributed by atoms with Crippen LogP contribution in [0.5, 0.6) is 0 Å². The van der Waals surface area contributed by atoms with E-state index in [1.807, 2.05) is 27.7 Å². The number of benzene rings is 1. The SMILES string of the molecule is CCC1CN(C(=O)NC(C)(C)C)CC(C(C(N)=O)=C(N)c2ccc(F)c(Cl)c2)=N1. The zero-order valence-electron chi connectivity index (χ0n) is 17.1. The molecule has 1 atom stereocenters. The number of hydrogen-bond donors (Lipinski definition) is 3. The van der Waals surface area contributed by atoms with Gasteiger partial charge in [0.1, 0.15) is 5.82 Å². The highest BCUT2D eigenvalue weighted by Crippen LogP contribution is 2.23. The molecule has 1 aromatic carbocycles. The van der Waals surface area contributed by atoms with Crippen molar-refractivity contribution in [2.45, 2.75) is 45.7 Å². The Hall–Kier alpha value is -2.61. The first-order valence-corrected chi connectivity index (χ1v) is 9.69. The Balaban J connectivity index is 2.47. The largest absolute Gasteiger partial charge is 0.398 e. The van der Waals surface area contributed by atoms with Crippen LogP contribution in [-0.4, -0.2) is 47.2 Å². The lowest BCUT2D eigenvalue weighted by molar-refractivity contribution is -0.114. The highest BCUT2D eigenvalue weighted by atomic mass is 35.5. The number of primary amides is 1. The molecule has 0 aromatic heterocycles. The van der Waals surface area contributed by atoms with E-state index in [4.69, 9.17) is 23.1 Å². The van der Waals surface area contributed by atoms with Gasteiger partial charge in [0.15, 0.2) is 0 Å². The summed E-state index contributed by atoms with van der Waals surface area (Å²) in [6.45, 7) is 8.07. The van der Waals surface area contributed by atoms with Gasteiger partial charge >= 0.3 is 6.03 Å².